The number of piperidine rings is 1. The largest absolute Gasteiger partial charge is 0.445 e. The molecule has 0 radical (unpaired) electrons. The number of nitrogens with zero attached hydrogens (tertiary/aromatic N) is 3. The zero-order valence-electron chi connectivity index (χ0n) is 15.5. The van der Waals surface area contributed by atoms with Crippen molar-refractivity contribution in [3.8, 4) is 6.07 Å². The van der Waals surface area contributed by atoms with Crippen LogP contribution in [0.1, 0.15) is 47.3 Å². The molecule has 4 rings (SSSR count). The number of pyridine rings is 1. The first-order chi connectivity index (χ1) is 13.7. The van der Waals surface area contributed by atoms with Crippen LogP contribution in [0.5, 0.6) is 0 Å². The van der Waals surface area contributed by atoms with Gasteiger partial charge in [-0.05, 0) is 43.4 Å². The topological polar surface area (TPSA) is 83.3 Å². The van der Waals surface area contributed by atoms with Crippen LogP contribution in [0, 0.1) is 17.2 Å². The molecule has 1 aromatic carbocycles. The minimum Gasteiger partial charge on any atom is -0.445 e. The molecule has 2 unspecified atom stereocenters. The Balaban J connectivity index is 1.40. The van der Waals surface area contributed by atoms with Gasteiger partial charge in [0.2, 0.25) is 0 Å². The van der Waals surface area contributed by atoms with Gasteiger partial charge in [0.1, 0.15) is 12.3 Å². The van der Waals surface area contributed by atoms with Gasteiger partial charge in [-0.15, -0.1) is 0 Å². The summed E-state index contributed by atoms with van der Waals surface area (Å²) in [7, 11) is 0. The number of hydrogen-bond acceptors (Lipinski definition) is 5. The Morgan fingerprint density at radius 3 is 2.54 bits per heavy atom. The lowest BCUT2D eigenvalue weighted by molar-refractivity contribution is 0.0483. The first-order valence-electron chi connectivity index (χ1n) is 9.55. The van der Waals surface area contributed by atoms with E-state index in [0.29, 0.717) is 24.1 Å². The smallest absolute Gasteiger partial charge is 0.410 e. The Hall–Kier alpha value is -3.20. The molecule has 6 nitrogen and oxygen atoms in total. The molecule has 2 aliphatic rings. The number of carbonyl (C=O) groups excluding carboxylic acids is 2. The Labute approximate surface area is 163 Å². The quantitative estimate of drug-likeness (QED) is 0.761. The third-order valence-corrected chi connectivity index (χ3v) is 5.66. The molecule has 28 heavy (non-hydrogen) atoms. The van der Waals surface area contributed by atoms with Crippen molar-refractivity contribution in [1.29, 1.82) is 5.26 Å². The Bertz CT molecular complexity index is 908. The summed E-state index contributed by atoms with van der Waals surface area (Å²) in [5, 5.41) is 9.03. The second-order valence-corrected chi connectivity index (χ2v) is 7.41. The van der Waals surface area contributed by atoms with E-state index in [-0.39, 0.29) is 36.5 Å². The molecule has 0 spiro atoms. The molecule has 1 aromatic heterocycles. The van der Waals surface area contributed by atoms with E-state index < -0.39 is 0 Å². The van der Waals surface area contributed by atoms with E-state index in [9.17, 15) is 9.59 Å². The summed E-state index contributed by atoms with van der Waals surface area (Å²) in [5.74, 6) is -0.205. The summed E-state index contributed by atoms with van der Waals surface area (Å²) >= 11 is 0. The van der Waals surface area contributed by atoms with E-state index in [1.807, 2.05) is 41.3 Å². The molecule has 0 aliphatic carbocycles. The Morgan fingerprint density at radius 1 is 1.14 bits per heavy atom. The summed E-state index contributed by atoms with van der Waals surface area (Å²) < 4.78 is 5.51. The maximum absolute atomic E-state index is 12.9. The fourth-order valence-electron chi connectivity index (χ4n) is 4.33. The highest BCUT2D eigenvalue weighted by Gasteiger charge is 2.46. The van der Waals surface area contributed by atoms with Crippen LogP contribution in [0.3, 0.4) is 0 Å². The molecule has 1 amide bonds. The van der Waals surface area contributed by atoms with Crippen LogP contribution in [-0.4, -0.2) is 33.8 Å². The van der Waals surface area contributed by atoms with Gasteiger partial charge < -0.3 is 9.64 Å². The van der Waals surface area contributed by atoms with E-state index in [1.165, 1.54) is 6.20 Å². The minimum atomic E-state index is -0.299. The fourth-order valence-corrected chi connectivity index (χ4v) is 4.33. The van der Waals surface area contributed by atoms with E-state index in [0.717, 1.165) is 18.4 Å². The van der Waals surface area contributed by atoms with Crippen molar-refractivity contribution in [3.05, 3.63) is 65.5 Å². The third-order valence-electron chi connectivity index (χ3n) is 5.66. The van der Waals surface area contributed by atoms with Gasteiger partial charge >= 0.3 is 6.09 Å². The molecule has 3 heterocycles. The summed E-state index contributed by atoms with van der Waals surface area (Å²) in [6, 6.07) is 14.8. The van der Waals surface area contributed by atoms with Gasteiger partial charge in [0.15, 0.2) is 5.78 Å². The number of hydrogen-bond donors (Lipinski definition) is 0. The number of rotatable bonds is 4. The van der Waals surface area contributed by atoms with Crippen molar-refractivity contribution in [2.24, 2.45) is 5.92 Å². The van der Waals surface area contributed by atoms with Crippen molar-refractivity contribution in [1.82, 2.24) is 9.88 Å². The molecule has 2 aromatic rings. The number of aromatic nitrogens is 1. The maximum atomic E-state index is 12.9. The molecule has 2 atom stereocenters. The third kappa shape index (κ3) is 3.61. The van der Waals surface area contributed by atoms with Crippen LogP contribution in [0.15, 0.2) is 48.7 Å². The summed E-state index contributed by atoms with van der Waals surface area (Å²) in [5.41, 5.74) is 1.73. The maximum Gasteiger partial charge on any atom is 0.410 e. The summed E-state index contributed by atoms with van der Waals surface area (Å²) in [4.78, 5) is 31.5. The summed E-state index contributed by atoms with van der Waals surface area (Å²) in [6.07, 6.45) is 4.21. The van der Waals surface area contributed by atoms with Crippen LogP contribution in [0.4, 0.5) is 4.79 Å². The number of fused-ring (bicyclic) bond motifs is 2. The molecule has 6 heteroatoms. The average molecular weight is 375 g/mol. The Morgan fingerprint density at radius 2 is 1.86 bits per heavy atom. The highest BCUT2D eigenvalue weighted by Crippen LogP contribution is 2.40. The van der Waals surface area contributed by atoms with Gasteiger partial charge in [-0.1, -0.05) is 30.3 Å². The molecule has 2 saturated heterocycles. The molecular weight excluding hydrogens is 354 g/mol. The van der Waals surface area contributed by atoms with Crippen LogP contribution in [0.25, 0.3) is 0 Å². The number of nitriles is 1. The number of ketones is 1. The lowest BCUT2D eigenvalue weighted by atomic mass is 9.86. The molecule has 2 bridgehead atoms. The normalized spacial score (nSPS) is 23.1. The van der Waals surface area contributed by atoms with Crippen LogP contribution < -0.4 is 0 Å². The minimum absolute atomic E-state index is 0.0233. The Kier molecular flexibility index (Phi) is 5.07. The van der Waals surface area contributed by atoms with E-state index in [1.54, 1.807) is 12.1 Å². The highest BCUT2D eigenvalue weighted by atomic mass is 16.6. The highest BCUT2D eigenvalue weighted by molar-refractivity contribution is 5.96. The van der Waals surface area contributed by atoms with Crippen molar-refractivity contribution < 1.29 is 14.3 Å². The van der Waals surface area contributed by atoms with Gasteiger partial charge in [0.05, 0.1) is 11.6 Å². The van der Waals surface area contributed by atoms with E-state index in [4.69, 9.17) is 10.00 Å². The number of benzene rings is 1. The van der Waals surface area contributed by atoms with Gasteiger partial charge in [0.25, 0.3) is 0 Å². The van der Waals surface area contributed by atoms with Gasteiger partial charge in [-0.3, -0.25) is 9.78 Å². The van der Waals surface area contributed by atoms with Crippen molar-refractivity contribution >= 4 is 11.9 Å². The molecule has 0 N–H and O–H groups in total. The number of carbonyl (C=O) groups is 2. The molecule has 0 saturated carbocycles. The predicted molar refractivity (Wildman–Crippen MR) is 101 cm³/mol. The van der Waals surface area contributed by atoms with Gasteiger partial charge in [-0.2, -0.15) is 5.26 Å². The monoisotopic (exact) mass is 375 g/mol. The van der Waals surface area contributed by atoms with Crippen LogP contribution >= 0.6 is 0 Å². The lowest BCUT2D eigenvalue weighted by Gasteiger charge is -2.37. The van der Waals surface area contributed by atoms with Crippen LogP contribution in [0.2, 0.25) is 0 Å². The first-order valence-corrected chi connectivity index (χ1v) is 9.55. The fraction of sp³-hybridized carbons (Fsp3) is 0.364. The number of Topliss-reactive ketones (excluding diaryl/α,β-unsaturated/α-hetero) is 1. The summed E-state index contributed by atoms with van der Waals surface area (Å²) in [6.45, 7) is 0.253. The lowest BCUT2D eigenvalue weighted by Crippen LogP contribution is -2.48. The standard InChI is InChI=1S/C22H21N3O3/c23-13-16-8-9-24-20(10-16)21(26)17-11-18-6-7-19(12-17)25(18)22(27)28-14-15-4-2-1-3-5-15/h1-5,8-10,17-19H,6-7,11-12,14H2. The predicted octanol–water partition coefficient (Wildman–Crippen LogP) is 3.72. The zero-order valence-corrected chi connectivity index (χ0v) is 15.5. The number of amides is 1. The van der Waals surface area contributed by atoms with E-state index >= 15 is 0 Å². The average Bonchev–Trinajstić information content (AvgIpc) is 3.01. The molecule has 142 valence electrons. The molecule has 2 fully saturated rings. The van der Waals surface area contributed by atoms with Crippen molar-refractivity contribution in [3.63, 3.8) is 0 Å². The van der Waals surface area contributed by atoms with E-state index in [2.05, 4.69) is 4.98 Å². The van der Waals surface area contributed by atoms with Crippen molar-refractivity contribution in [2.45, 2.75) is 44.4 Å². The van der Waals surface area contributed by atoms with Crippen LogP contribution in [-0.2, 0) is 11.3 Å². The molecular formula is C22H21N3O3. The zero-order chi connectivity index (χ0) is 19.5. The first kappa shape index (κ1) is 18.2. The van der Waals surface area contributed by atoms with Crippen molar-refractivity contribution in [2.75, 3.05) is 0 Å². The second kappa shape index (κ2) is 7.81. The second-order valence-electron chi connectivity index (χ2n) is 7.41. The van der Waals surface area contributed by atoms with Gasteiger partial charge in [-0.25, -0.2) is 4.79 Å². The SMILES string of the molecule is N#Cc1ccnc(C(=O)C2CC3CCC(C2)N3C(=O)OCc2ccccc2)c1. The van der Waals surface area contributed by atoms with Gasteiger partial charge in [0, 0.05) is 24.2 Å². The molecule has 2 aliphatic heterocycles. The number of ether oxygens (including phenoxy) is 1.